The number of carbonyl (C=O) groups is 1. The van der Waals surface area contributed by atoms with E-state index in [1.165, 1.54) is 24.3 Å². The molecule has 29 heavy (non-hydrogen) atoms. The summed E-state index contributed by atoms with van der Waals surface area (Å²) in [5.41, 5.74) is 1.12. The van der Waals surface area contributed by atoms with Crippen molar-refractivity contribution in [3.8, 4) is 0 Å². The Morgan fingerprint density at radius 3 is 2.28 bits per heavy atom. The Hall–Kier alpha value is -2.25. The van der Waals surface area contributed by atoms with Gasteiger partial charge < -0.3 is 4.90 Å². The summed E-state index contributed by atoms with van der Waals surface area (Å²) in [6.45, 7) is 3.69. The van der Waals surface area contributed by atoms with Crippen LogP contribution in [-0.2, 0) is 16.6 Å². The third kappa shape index (κ3) is 5.22. The molecular formula is C22H27FN2O3S. The molecule has 1 saturated heterocycles. The summed E-state index contributed by atoms with van der Waals surface area (Å²) in [7, 11) is -3.54. The van der Waals surface area contributed by atoms with Crippen LogP contribution >= 0.6 is 0 Å². The van der Waals surface area contributed by atoms with Crippen LogP contribution in [0.2, 0.25) is 0 Å². The molecule has 7 heteroatoms. The lowest BCUT2D eigenvalue weighted by atomic mass is 10.1. The van der Waals surface area contributed by atoms with E-state index in [-0.39, 0.29) is 16.6 Å². The average Bonchev–Trinajstić information content (AvgIpc) is 3.02. The van der Waals surface area contributed by atoms with Crippen LogP contribution in [0.5, 0.6) is 0 Å². The maximum Gasteiger partial charge on any atom is 0.254 e. The van der Waals surface area contributed by atoms with Gasteiger partial charge in [0.05, 0.1) is 4.90 Å². The summed E-state index contributed by atoms with van der Waals surface area (Å²) in [4.78, 5) is 14.7. The Bertz CT molecular complexity index is 937. The highest BCUT2D eigenvalue weighted by Crippen LogP contribution is 2.21. The van der Waals surface area contributed by atoms with Crippen molar-refractivity contribution in [2.24, 2.45) is 0 Å². The lowest BCUT2D eigenvalue weighted by molar-refractivity contribution is 0.0752. The van der Waals surface area contributed by atoms with Crippen LogP contribution in [0.15, 0.2) is 53.4 Å². The molecule has 2 aromatic carbocycles. The number of hydrogen-bond donors (Lipinski definition) is 0. The molecule has 0 radical (unpaired) electrons. The number of hydrogen-bond acceptors (Lipinski definition) is 3. The molecule has 0 bridgehead atoms. The third-order valence-corrected chi connectivity index (χ3v) is 7.15. The van der Waals surface area contributed by atoms with Crippen LogP contribution < -0.4 is 0 Å². The molecule has 0 spiro atoms. The highest BCUT2D eigenvalue weighted by Gasteiger charge is 2.25. The molecule has 3 rings (SSSR count). The number of benzene rings is 2. The number of nitrogens with zero attached hydrogens (tertiary/aromatic N) is 2. The zero-order valence-electron chi connectivity index (χ0n) is 16.7. The molecule has 0 unspecified atom stereocenters. The zero-order chi connectivity index (χ0) is 20.9. The van der Waals surface area contributed by atoms with Gasteiger partial charge in [0.25, 0.3) is 5.91 Å². The first-order chi connectivity index (χ1) is 13.9. The SMILES string of the molecule is CCN(Cc1cccc(F)c1)C(=O)c1ccc(S(=O)(=O)N2CCCCCC2)cc1. The number of sulfonamides is 1. The smallest absolute Gasteiger partial charge is 0.254 e. The molecule has 0 aromatic heterocycles. The van der Waals surface area contributed by atoms with Crippen molar-refractivity contribution in [2.75, 3.05) is 19.6 Å². The fraction of sp³-hybridized carbons (Fsp3) is 0.409. The summed E-state index contributed by atoms with van der Waals surface area (Å²) < 4.78 is 40.7. The van der Waals surface area contributed by atoms with E-state index in [0.717, 1.165) is 25.7 Å². The average molecular weight is 419 g/mol. The molecular weight excluding hydrogens is 391 g/mol. The van der Waals surface area contributed by atoms with Crippen LogP contribution in [0.4, 0.5) is 4.39 Å². The standard InChI is InChI=1S/C22H27FN2O3S/c1-2-24(17-18-8-7-9-20(23)16-18)22(26)19-10-12-21(13-11-19)29(27,28)25-14-5-3-4-6-15-25/h7-13,16H,2-6,14-15,17H2,1H3. The fourth-order valence-electron chi connectivity index (χ4n) is 3.57. The maximum atomic E-state index is 13.4. The quantitative estimate of drug-likeness (QED) is 0.711. The van der Waals surface area contributed by atoms with E-state index in [4.69, 9.17) is 0 Å². The van der Waals surface area contributed by atoms with E-state index in [9.17, 15) is 17.6 Å². The van der Waals surface area contributed by atoms with E-state index in [2.05, 4.69) is 0 Å². The van der Waals surface area contributed by atoms with Gasteiger partial charge >= 0.3 is 0 Å². The molecule has 0 atom stereocenters. The number of carbonyl (C=O) groups excluding carboxylic acids is 1. The third-order valence-electron chi connectivity index (χ3n) is 5.24. The van der Waals surface area contributed by atoms with Gasteiger partial charge in [-0.2, -0.15) is 4.31 Å². The molecule has 1 aliphatic heterocycles. The van der Waals surface area contributed by atoms with E-state index < -0.39 is 10.0 Å². The predicted molar refractivity (Wildman–Crippen MR) is 110 cm³/mol. The Morgan fingerprint density at radius 2 is 1.69 bits per heavy atom. The normalized spacial score (nSPS) is 15.7. The highest BCUT2D eigenvalue weighted by molar-refractivity contribution is 7.89. The molecule has 0 saturated carbocycles. The molecule has 1 aliphatic rings. The molecule has 5 nitrogen and oxygen atoms in total. The number of rotatable bonds is 6. The van der Waals surface area contributed by atoms with Gasteiger partial charge in [-0.05, 0) is 61.7 Å². The van der Waals surface area contributed by atoms with Crippen molar-refractivity contribution in [3.63, 3.8) is 0 Å². The Balaban J connectivity index is 1.74. The van der Waals surface area contributed by atoms with E-state index in [1.54, 1.807) is 33.5 Å². The maximum absolute atomic E-state index is 13.4. The van der Waals surface area contributed by atoms with Gasteiger partial charge in [0.1, 0.15) is 5.82 Å². The van der Waals surface area contributed by atoms with Crippen LogP contribution in [0, 0.1) is 5.82 Å². The Morgan fingerprint density at radius 1 is 1.03 bits per heavy atom. The summed E-state index contributed by atoms with van der Waals surface area (Å²) in [5.74, 6) is -0.551. The minimum atomic E-state index is -3.54. The van der Waals surface area contributed by atoms with Crippen molar-refractivity contribution in [1.29, 1.82) is 0 Å². The van der Waals surface area contributed by atoms with E-state index in [0.29, 0.717) is 37.3 Å². The van der Waals surface area contributed by atoms with Crippen molar-refractivity contribution in [3.05, 3.63) is 65.5 Å². The second-order valence-electron chi connectivity index (χ2n) is 7.29. The van der Waals surface area contributed by atoms with Gasteiger partial charge in [-0.1, -0.05) is 25.0 Å². The van der Waals surface area contributed by atoms with Crippen molar-refractivity contribution < 1.29 is 17.6 Å². The monoisotopic (exact) mass is 418 g/mol. The van der Waals surface area contributed by atoms with Gasteiger partial charge in [0, 0.05) is 31.7 Å². The summed E-state index contributed by atoms with van der Waals surface area (Å²) in [6, 6.07) is 12.3. The van der Waals surface area contributed by atoms with Gasteiger partial charge in [-0.25, -0.2) is 12.8 Å². The van der Waals surface area contributed by atoms with Gasteiger partial charge in [0.2, 0.25) is 10.0 Å². The Labute approximate surface area is 172 Å². The topological polar surface area (TPSA) is 57.7 Å². The molecule has 0 aliphatic carbocycles. The molecule has 2 aromatic rings. The first-order valence-corrected chi connectivity index (χ1v) is 11.5. The molecule has 1 amide bonds. The lowest BCUT2D eigenvalue weighted by Gasteiger charge is -2.22. The van der Waals surface area contributed by atoms with Crippen LogP contribution in [-0.4, -0.2) is 43.2 Å². The van der Waals surface area contributed by atoms with Crippen molar-refractivity contribution in [1.82, 2.24) is 9.21 Å². The molecule has 1 fully saturated rings. The first kappa shape index (κ1) is 21.5. The fourth-order valence-corrected chi connectivity index (χ4v) is 5.08. The Kier molecular flexibility index (Phi) is 7.03. The number of halogens is 1. The van der Waals surface area contributed by atoms with Gasteiger partial charge in [0.15, 0.2) is 0 Å². The summed E-state index contributed by atoms with van der Waals surface area (Å²) in [6.07, 6.45) is 3.86. The first-order valence-electron chi connectivity index (χ1n) is 10.1. The zero-order valence-corrected chi connectivity index (χ0v) is 17.5. The highest BCUT2D eigenvalue weighted by atomic mass is 32.2. The second-order valence-corrected chi connectivity index (χ2v) is 9.23. The minimum Gasteiger partial charge on any atom is -0.335 e. The largest absolute Gasteiger partial charge is 0.335 e. The minimum absolute atomic E-state index is 0.212. The van der Waals surface area contributed by atoms with Gasteiger partial charge in [-0.3, -0.25) is 4.79 Å². The molecule has 0 N–H and O–H groups in total. The van der Waals surface area contributed by atoms with Gasteiger partial charge in [-0.15, -0.1) is 0 Å². The van der Waals surface area contributed by atoms with E-state index in [1.807, 2.05) is 6.92 Å². The molecule has 156 valence electrons. The van der Waals surface area contributed by atoms with Crippen molar-refractivity contribution >= 4 is 15.9 Å². The summed E-state index contributed by atoms with van der Waals surface area (Å²) >= 11 is 0. The van der Waals surface area contributed by atoms with Crippen LogP contribution in [0.1, 0.15) is 48.5 Å². The van der Waals surface area contributed by atoms with Crippen LogP contribution in [0.3, 0.4) is 0 Å². The summed E-state index contributed by atoms with van der Waals surface area (Å²) in [5, 5.41) is 0. The predicted octanol–water partition coefficient (Wildman–Crippen LogP) is 4.05. The molecule has 1 heterocycles. The van der Waals surface area contributed by atoms with Crippen molar-refractivity contribution in [2.45, 2.75) is 44.0 Å². The lowest BCUT2D eigenvalue weighted by Crippen LogP contribution is -2.32. The van der Waals surface area contributed by atoms with E-state index >= 15 is 0 Å². The van der Waals surface area contributed by atoms with Crippen LogP contribution in [0.25, 0.3) is 0 Å². The number of amides is 1. The second kappa shape index (κ2) is 9.50.